The maximum Gasteiger partial charge on any atom is 0.257 e. The summed E-state index contributed by atoms with van der Waals surface area (Å²) in [5.74, 6) is -0.170. The van der Waals surface area contributed by atoms with Crippen molar-refractivity contribution in [3.05, 3.63) is 192 Å². The molecule has 0 radical (unpaired) electrons. The molecule has 1 fully saturated rings. The molecule has 1 saturated heterocycles. The van der Waals surface area contributed by atoms with Gasteiger partial charge in [-0.3, -0.25) is 4.74 Å². The minimum Gasteiger partial charge on any atom is -0.455 e. The van der Waals surface area contributed by atoms with Gasteiger partial charge in [0.25, 0.3) is 11.6 Å². The SMILES string of the molecule is c1ccc(-c2oc(-c3ccccc3)c3ccccc23)cc1.c1ccc(C23OO[C@@](c4ccccc4)(O2)c2ccccc23)cc1. The van der Waals surface area contributed by atoms with Crippen LogP contribution in [-0.4, -0.2) is 0 Å². The summed E-state index contributed by atoms with van der Waals surface area (Å²) in [7, 11) is 0. The summed E-state index contributed by atoms with van der Waals surface area (Å²) in [5, 5.41) is 2.31. The van der Waals surface area contributed by atoms with E-state index in [2.05, 4.69) is 48.5 Å². The molecule has 4 nitrogen and oxygen atoms in total. The molecule has 44 heavy (non-hydrogen) atoms. The summed E-state index contributed by atoms with van der Waals surface area (Å²) >= 11 is 0. The fraction of sp³-hybridized carbons (Fsp3) is 0.0500. The van der Waals surface area contributed by atoms with E-state index in [1.165, 1.54) is 0 Å². The fourth-order valence-electron chi connectivity index (χ4n) is 6.15. The van der Waals surface area contributed by atoms with Crippen molar-refractivity contribution >= 4 is 10.8 Å². The molecule has 7 aromatic rings. The summed E-state index contributed by atoms with van der Waals surface area (Å²) in [6.07, 6.45) is 0. The second kappa shape index (κ2) is 10.8. The quantitative estimate of drug-likeness (QED) is 0.197. The van der Waals surface area contributed by atoms with Gasteiger partial charge in [-0.1, -0.05) is 170 Å². The molecular formula is C40H28O4. The standard InChI is InChI=1S/C20H14O3.C20H14O/c1-3-9-15(10-4-1)19-17-13-7-8-14-18(17)20(21-19,23-22-19)16-11-5-2-6-12-16;1-3-9-15(10-4-1)19-17-13-7-8-14-18(17)20(21-19)16-11-5-2-6-12-16/h1-14H;1-14H/t19-,20?;/m1./s1. The topological polar surface area (TPSA) is 40.8 Å². The van der Waals surface area contributed by atoms with Crippen LogP contribution in [0.25, 0.3) is 33.4 Å². The normalized spacial score (nSPS) is 19.7. The molecule has 0 N–H and O–H groups in total. The Morgan fingerprint density at radius 3 is 1.09 bits per heavy atom. The predicted molar refractivity (Wildman–Crippen MR) is 171 cm³/mol. The zero-order valence-electron chi connectivity index (χ0n) is 23.8. The van der Waals surface area contributed by atoms with Crippen molar-refractivity contribution in [3.63, 3.8) is 0 Å². The predicted octanol–water partition coefficient (Wildman–Crippen LogP) is 9.85. The van der Waals surface area contributed by atoms with E-state index in [1.807, 2.05) is 121 Å². The van der Waals surface area contributed by atoms with Crippen LogP contribution in [0.1, 0.15) is 22.3 Å². The molecule has 3 heterocycles. The molecule has 4 heteroatoms. The van der Waals surface area contributed by atoms with Gasteiger partial charge in [0.05, 0.1) is 0 Å². The summed E-state index contributed by atoms with van der Waals surface area (Å²) in [4.78, 5) is 11.6. The Bertz CT molecular complexity index is 1890. The van der Waals surface area contributed by atoms with E-state index in [-0.39, 0.29) is 0 Å². The van der Waals surface area contributed by atoms with Crippen LogP contribution in [0.5, 0.6) is 0 Å². The van der Waals surface area contributed by atoms with Crippen LogP contribution in [-0.2, 0) is 26.1 Å². The molecule has 1 aromatic heterocycles. The average Bonchev–Trinajstić information content (AvgIpc) is 3.80. The van der Waals surface area contributed by atoms with Crippen molar-refractivity contribution in [3.8, 4) is 22.6 Å². The highest BCUT2D eigenvalue weighted by Crippen LogP contribution is 2.60. The van der Waals surface area contributed by atoms with Gasteiger partial charge in [-0.2, -0.15) is 9.78 Å². The first-order valence-corrected chi connectivity index (χ1v) is 14.7. The van der Waals surface area contributed by atoms with Crippen molar-refractivity contribution in [1.29, 1.82) is 0 Å². The van der Waals surface area contributed by atoms with Crippen LogP contribution in [0.3, 0.4) is 0 Å². The van der Waals surface area contributed by atoms with Crippen LogP contribution in [0.4, 0.5) is 0 Å². The summed E-state index contributed by atoms with van der Waals surface area (Å²) in [6.45, 7) is 0. The van der Waals surface area contributed by atoms with Gasteiger partial charge in [-0.25, -0.2) is 0 Å². The Kier molecular flexibility index (Phi) is 6.46. The van der Waals surface area contributed by atoms with E-state index >= 15 is 0 Å². The number of benzene rings is 6. The molecule has 2 atom stereocenters. The Balaban J connectivity index is 0.000000132. The zero-order chi connectivity index (χ0) is 29.4. The Labute approximate surface area is 255 Å². The molecule has 0 aliphatic carbocycles. The van der Waals surface area contributed by atoms with Crippen molar-refractivity contribution in [2.45, 2.75) is 11.6 Å². The van der Waals surface area contributed by atoms with E-state index in [4.69, 9.17) is 18.9 Å². The summed E-state index contributed by atoms with van der Waals surface area (Å²) in [6, 6.07) is 56.7. The van der Waals surface area contributed by atoms with E-state index in [1.54, 1.807) is 0 Å². The highest BCUT2D eigenvalue weighted by Gasteiger charge is 2.65. The van der Waals surface area contributed by atoms with Crippen LogP contribution in [0.15, 0.2) is 174 Å². The van der Waals surface area contributed by atoms with Crippen molar-refractivity contribution in [2.24, 2.45) is 0 Å². The molecule has 2 bridgehead atoms. The van der Waals surface area contributed by atoms with E-state index in [9.17, 15) is 0 Å². The lowest BCUT2D eigenvalue weighted by Crippen LogP contribution is -2.28. The highest BCUT2D eigenvalue weighted by molar-refractivity contribution is 6.02. The minimum absolute atomic E-state index is 0.919. The smallest absolute Gasteiger partial charge is 0.257 e. The molecular weight excluding hydrogens is 544 g/mol. The first kappa shape index (κ1) is 26.4. The van der Waals surface area contributed by atoms with Crippen LogP contribution >= 0.6 is 0 Å². The molecule has 212 valence electrons. The third kappa shape index (κ3) is 4.20. The van der Waals surface area contributed by atoms with Crippen molar-refractivity contribution in [1.82, 2.24) is 0 Å². The van der Waals surface area contributed by atoms with Crippen molar-refractivity contribution in [2.75, 3.05) is 0 Å². The maximum atomic E-state index is 6.45. The van der Waals surface area contributed by atoms with Gasteiger partial charge in [0, 0.05) is 44.2 Å². The fourth-order valence-corrected chi connectivity index (χ4v) is 6.15. The second-order valence-electron chi connectivity index (χ2n) is 10.8. The molecule has 0 saturated carbocycles. The summed E-state index contributed by atoms with van der Waals surface area (Å²) in [5.41, 5.74) is 6.03. The Hall–Kier alpha value is -5.26. The van der Waals surface area contributed by atoms with Crippen LogP contribution in [0, 0.1) is 0 Å². The van der Waals surface area contributed by atoms with Gasteiger partial charge in [-0.15, -0.1) is 0 Å². The molecule has 0 amide bonds. The molecule has 0 spiro atoms. The Morgan fingerprint density at radius 2 is 0.682 bits per heavy atom. The number of furan rings is 1. The third-order valence-electron chi connectivity index (χ3n) is 8.20. The number of hydrogen-bond acceptors (Lipinski definition) is 4. The van der Waals surface area contributed by atoms with Gasteiger partial charge in [-0.05, 0) is 0 Å². The van der Waals surface area contributed by atoms with Gasteiger partial charge >= 0.3 is 0 Å². The molecule has 6 aromatic carbocycles. The number of ether oxygens (including phenoxy) is 1. The zero-order valence-corrected chi connectivity index (χ0v) is 23.8. The van der Waals surface area contributed by atoms with Gasteiger partial charge < -0.3 is 4.42 Å². The second-order valence-corrected chi connectivity index (χ2v) is 10.8. The van der Waals surface area contributed by atoms with E-state index in [0.717, 1.165) is 55.7 Å². The number of rotatable bonds is 4. The van der Waals surface area contributed by atoms with Gasteiger partial charge in [0.2, 0.25) is 0 Å². The molecule has 2 aliphatic heterocycles. The molecule has 1 unspecified atom stereocenters. The monoisotopic (exact) mass is 572 g/mol. The van der Waals surface area contributed by atoms with Crippen LogP contribution in [0.2, 0.25) is 0 Å². The molecule has 2 aliphatic rings. The first-order valence-electron chi connectivity index (χ1n) is 14.7. The lowest BCUT2D eigenvalue weighted by atomic mass is 9.90. The molecule has 9 rings (SSSR count). The lowest BCUT2D eigenvalue weighted by Gasteiger charge is -2.26. The lowest BCUT2D eigenvalue weighted by molar-refractivity contribution is -0.351. The average molecular weight is 573 g/mol. The minimum atomic E-state index is -1.02. The number of hydrogen-bond donors (Lipinski definition) is 0. The van der Waals surface area contributed by atoms with E-state index in [0.29, 0.717) is 0 Å². The maximum absolute atomic E-state index is 6.45. The highest BCUT2D eigenvalue weighted by atomic mass is 17.3. The van der Waals surface area contributed by atoms with Crippen molar-refractivity contribution < 1.29 is 18.9 Å². The van der Waals surface area contributed by atoms with Gasteiger partial charge in [0.15, 0.2) is 0 Å². The third-order valence-corrected chi connectivity index (χ3v) is 8.20. The van der Waals surface area contributed by atoms with Crippen LogP contribution < -0.4 is 0 Å². The van der Waals surface area contributed by atoms with Gasteiger partial charge in [0.1, 0.15) is 11.5 Å². The van der Waals surface area contributed by atoms with E-state index < -0.39 is 11.6 Å². The Morgan fingerprint density at radius 1 is 0.341 bits per heavy atom. The largest absolute Gasteiger partial charge is 0.455 e. The first-order chi connectivity index (χ1) is 21.8. The number of fused-ring (bicyclic) bond motifs is 6. The summed E-state index contributed by atoms with van der Waals surface area (Å²) < 4.78 is 12.7.